The fourth-order valence-corrected chi connectivity index (χ4v) is 2.36. The van der Waals surface area contributed by atoms with Gasteiger partial charge in [0.25, 0.3) is 0 Å². The summed E-state index contributed by atoms with van der Waals surface area (Å²) in [5.41, 5.74) is 3.01. The summed E-state index contributed by atoms with van der Waals surface area (Å²) in [6, 6.07) is 5.92. The topological polar surface area (TPSA) is 38.3 Å². The van der Waals surface area contributed by atoms with E-state index in [0.29, 0.717) is 0 Å². The lowest BCUT2D eigenvalue weighted by Gasteiger charge is -2.22. The molecule has 0 spiro atoms. The van der Waals surface area contributed by atoms with Crippen LogP contribution >= 0.6 is 0 Å². The third-order valence-electron chi connectivity index (χ3n) is 3.42. The number of piperidine rings is 1. The summed E-state index contributed by atoms with van der Waals surface area (Å²) >= 11 is 0. The molecule has 98 valence electrons. The van der Waals surface area contributed by atoms with Crippen LogP contribution in [-0.4, -0.2) is 31.6 Å². The van der Waals surface area contributed by atoms with Crippen LogP contribution in [0.1, 0.15) is 34.3 Å². The van der Waals surface area contributed by atoms with Crippen molar-refractivity contribution in [2.75, 3.05) is 19.7 Å². The molecule has 0 saturated carbocycles. The number of carbonyl (C=O) groups excluding carboxylic acids is 1. The number of Topliss-reactive ketones (excluding diaryl/α,β-unsaturated/α-hetero) is 1. The maximum atomic E-state index is 12.1. The van der Waals surface area contributed by atoms with Crippen molar-refractivity contribution in [1.82, 2.24) is 5.32 Å². The van der Waals surface area contributed by atoms with Crippen LogP contribution in [0, 0.1) is 13.8 Å². The Kier molecular flexibility index (Phi) is 4.50. The molecule has 1 aliphatic heterocycles. The number of ketones is 1. The van der Waals surface area contributed by atoms with E-state index in [1.54, 1.807) is 0 Å². The molecule has 1 fully saturated rings. The molecular weight excluding hydrogens is 226 g/mol. The van der Waals surface area contributed by atoms with Crippen molar-refractivity contribution in [3.05, 3.63) is 34.9 Å². The molecule has 1 N–H and O–H groups in total. The van der Waals surface area contributed by atoms with Crippen molar-refractivity contribution in [1.29, 1.82) is 0 Å². The summed E-state index contributed by atoms with van der Waals surface area (Å²) in [5.74, 6) is 0.0889. The normalized spacial score (nSPS) is 16.8. The van der Waals surface area contributed by atoms with Crippen LogP contribution in [0.2, 0.25) is 0 Å². The number of ether oxygens (including phenoxy) is 1. The molecule has 3 heteroatoms. The van der Waals surface area contributed by atoms with Gasteiger partial charge in [-0.3, -0.25) is 4.79 Å². The van der Waals surface area contributed by atoms with Gasteiger partial charge in [-0.1, -0.05) is 23.8 Å². The summed E-state index contributed by atoms with van der Waals surface area (Å²) in [5, 5.41) is 3.28. The Morgan fingerprint density at radius 1 is 1.33 bits per heavy atom. The van der Waals surface area contributed by atoms with E-state index < -0.39 is 0 Å². The molecule has 1 aromatic carbocycles. The Morgan fingerprint density at radius 3 is 2.72 bits per heavy atom. The molecule has 2 rings (SSSR count). The molecule has 18 heavy (non-hydrogen) atoms. The zero-order valence-corrected chi connectivity index (χ0v) is 11.2. The highest BCUT2D eigenvalue weighted by atomic mass is 16.5. The SMILES string of the molecule is Cc1ccc(C(=O)COC2CCNCC2)c(C)c1. The second-order valence-corrected chi connectivity index (χ2v) is 5.00. The van der Waals surface area contributed by atoms with E-state index >= 15 is 0 Å². The average molecular weight is 247 g/mol. The van der Waals surface area contributed by atoms with E-state index in [1.807, 2.05) is 32.0 Å². The predicted octanol–water partition coefficient (Wildman–Crippen LogP) is 2.25. The molecule has 0 radical (unpaired) electrons. The van der Waals surface area contributed by atoms with Crippen LogP contribution in [0.3, 0.4) is 0 Å². The molecule has 1 heterocycles. The molecular formula is C15H21NO2. The van der Waals surface area contributed by atoms with Gasteiger partial charge in [0.1, 0.15) is 6.61 Å². The van der Waals surface area contributed by atoms with Gasteiger partial charge in [0.2, 0.25) is 0 Å². The minimum absolute atomic E-state index is 0.0889. The van der Waals surface area contributed by atoms with Gasteiger partial charge >= 0.3 is 0 Å². The van der Waals surface area contributed by atoms with Gasteiger partial charge in [-0.2, -0.15) is 0 Å². The minimum Gasteiger partial charge on any atom is -0.370 e. The predicted molar refractivity (Wildman–Crippen MR) is 72.1 cm³/mol. The smallest absolute Gasteiger partial charge is 0.188 e. The summed E-state index contributed by atoms with van der Waals surface area (Å²) in [6.07, 6.45) is 2.24. The molecule has 1 saturated heterocycles. The van der Waals surface area contributed by atoms with E-state index in [-0.39, 0.29) is 18.5 Å². The molecule has 0 bridgehead atoms. The van der Waals surface area contributed by atoms with Crippen molar-refractivity contribution in [3.8, 4) is 0 Å². The zero-order valence-electron chi connectivity index (χ0n) is 11.2. The maximum absolute atomic E-state index is 12.1. The summed E-state index contributed by atoms with van der Waals surface area (Å²) in [4.78, 5) is 12.1. The maximum Gasteiger partial charge on any atom is 0.188 e. The molecule has 3 nitrogen and oxygen atoms in total. The van der Waals surface area contributed by atoms with Crippen LogP contribution in [0.15, 0.2) is 18.2 Å². The highest BCUT2D eigenvalue weighted by Crippen LogP contribution is 2.13. The lowest BCUT2D eigenvalue weighted by Crippen LogP contribution is -2.33. The lowest BCUT2D eigenvalue weighted by molar-refractivity contribution is 0.0317. The largest absolute Gasteiger partial charge is 0.370 e. The Morgan fingerprint density at radius 2 is 2.06 bits per heavy atom. The number of hydrogen-bond acceptors (Lipinski definition) is 3. The zero-order chi connectivity index (χ0) is 13.0. The van der Waals surface area contributed by atoms with E-state index in [1.165, 1.54) is 5.56 Å². The molecule has 1 aromatic rings. The second kappa shape index (κ2) is 6.12. The average Bonchev–Trinajstić information content (AvgIpc) is 2.37. The number of carbonyl (C=O) groups is 1. The van der Waals surface area contributed by atoms with Gasteiger partial charge in [-0.05, 0) is 45.3 Å². The number of rotatable bonds is 4. The van der Waals surface area contributed by atoms with Crippen LogP contribution < -0.4 is 5.32 Å². The number of aryl methyl sites for hydroxylation is 2. The van der Waals surface area contributed by atoms with Gasteiger partial charge in [0, 0.05) is 5.56 Å². The van der Waals surface area contributed by atoms with Gasteiger partial charge in [-0.15, -0.1) is 0 Å². The number of nitrogens with one attached hydrogen (secondary N) is 1. The van der Waals surface area contributed by atoms with Gasteiger partial charge in [0.05, 0.1) is 6.10 Å². The fraction of sp³-hybridized carbons (Fsp3) is 0.533. The number of hydrogen-bond donors (Lipinski definition) is 1. The Bertz CT molecular complexity index is 423. The van der Waals surface area contributed by atoms with Crippen molar-refractivity contribution < 1.29 is 9.53 Å². The molecule has 0 atom stereocenters. The first-order chi connectivity index (χ1) is 8.66. The van der Waals surface area contributed by atoms with Crippen molar-refractivity contribution in [2.24, 2.45) is 0 Å². The Balaban J connectivity index is 1.90. The molecule has 1 aliphatic rings. The first kappa shape index (κ1) is 13.2. The third kappa shape index (κ3) is 3.40. The Labute approximate surface area is 109 Å². The summed E-state index contributed by atoms with van der Waals surface area (Å²) in [7, 11) is 0. The van der Waals surface area contributed by atoms with Crippen molar-refractivity contribution in [2.45, 2.75) is 32.8 Å². The fourth-order valence-electron chi connectivity index (χ4n) is 2.36. The summed E-state index contributed by atoms with van der Waals surface area (Å²) in [6.45, 7) is 6.19. The van der Waals surface area contributed by atoms with Crippen molar-refractivity contribution in [3.63, 3.8) is 0 Å². The van der Waals surface area contributed by atoms with Crippen LogP contribution in [0.25, 0.3) is 0 Å². The van der Waals surface area contributed by atoms with E-state index in [0.717, 1.165) is 37.1 Å². The van der Waals surface area contributed by atoms with E-state index in [4.69, 9.17) is 4.74 Å². The van der Waals surface area contributed by atoms with Crippen LogP contribution in [-0.2, 0) is 4.74 Å². The molecule has 0 amide bonds. The molecule has 0 unspecified atom stereocenters. The first-order valence-electron chi connectivity index (χ1n) is 6.59. The van der Waals surface area contributed by atoms with Crippen molar-refractivity contribution >= 4 is 5.78 Å². The first-order valence-corrected chi connectivity index (χ1v) is 6.59. The van der Waals surface area contributed by atoms with E-state index in [2.05, 4.69) is 5.32 Å². The molecule has 0 aromatic heterocycles. The second-order valence-electron chi connectivity index (χ2n) is 5.00. The molecule has 0 aliphatic carbocycles. The van der Waals surface area contributed by atoms with Gasteiger partial charge in [-0.25, -0.2) is 0 Å². The number of benzene rings is 1. The minimum atomic E-state index is 0.0889. The monoisotopic (exact) mass is 247 g/mol. The van der Waals surface area contributed by atoms with Crippen LogP contribution in [0.5, 0.6) is 0 Å². The third-order valence-corrected chi connectivity index (χ3v) is 3.42. The highest BCUT2D eigenvalue weighted by molar-refractivity contribution is 5.98. The van der Waals surface area contributed by atoms with E-state index in [9.17, 15) is 4.79 Å². The van der Waals surface area contributed by atoms with Gasteiger partial charge < -0.3 is 10.1 Å². The quantitative estimate of drug-likeness (QED) is 0.829. The standard InChI is InChI=1S/C15H21NO2/c1-11-3-4-14(12(2)9-11)15(17)10-18-13-5-7-16-8-6-13/h3-4,9,13,16H,5-8,10H2,1-2H3. The summed E-state index contributed by atoms with van der Waals surface area (Å²) < 4.78 is 5.69. The Hall–Kier alpha value is -1.19. The lowest BCUT2D eigenvalue weighted by atomic mass is 10.0. The van der Waals surface area contributed by atoms with Gasteiger partial charge in [0.15, 0.2) is 5.78 Å². The van der Waals surface area contributed by atoms with Crippen LogP contribution in [0.4, 0.5) is 0 Å². The highest BCUT2D eigenvalue weighted by Gasteiger charge is 2.16.